The van der Waals surface area contributed by atoms with E-state index in [4.69, 9.17) is 14.5 Å². The Morgan fingerprint density at radius 3 is 2.68 bits per heavy atom. The molecule has 21 heteroatoms. The molecule has 0 radical (unpaired) electrons. The van der Waals surface area contributed by atoms with Crippen LogP contribution in [0.4, 0.5) is 20.3 Å². The smallest absolute Gasteiger partial charge is 0.285 e. The fourth-order valence-electron chi connectivity index (χ4n) is 10.7. The molecule has 3 N–H and O–H groups in total. The zero-order valence-electron chi connectivity index (χ0n) is 36.8. The predicted molar refractivity (Wildman–Crippen MR) is 235 cm³/mol. The van der Waals surface area contributed by atoms with Gasteiger partial charge in [0.25, 0.3) is 24.1 Å². The number of imide groups is 2. The van der Waals surface area contributed by atoms with E-state index in [1.807, 2.05) is 6.07 Å². The molecule has 6 aliphatic heterocycles. The Hall–Kier alpha value is -5.77. The van der Waals surface area contributed by atoms with E-state index in [0.717, 1.165) is 82.0 Å². The minimum atomic E-state index is -2.83. The summed E-state index contributed by atoms with van der Waals surface area (Å²) in [4.78, 5) is 77.2. The van der Waals surface area contributed by atoms with Crippen LogP contribution < -0.4 is 20.9 Å². The van der Waals surface area contributed by atoms with Gasteiger partial charge >= 0.3 is 0 Å². The third-order valence-corrected chi connectivity index (χ3v) is 14.1. The molecule has 7 aliphatic rings. The van der Waals surface area contributed by atoms with Crippen molar-refractivity contribution >= 4 is 58.6 Å². The normalized spacial score (nSPS) is 27.9. The van der Waals surface area contributed by atoms with Crippen molar-refractivity contribution in [2.24, 2.45) is 11.0 Å². The monoisotopic (exact) mass is 913 g/mol. The zero-order valence-corrected chi connectivity index (χ0v) is 36.8. The number of fused-ring (bicyclic) bond motifs is 4. The first-order chi connectivity index (χ1) is 32.0. The zero-order chi connectivity index (χ0) is 45.6. The Balaban J connectivity index is 0.664. The third-order valence-electron chi connectivity index (χ3n) is 14.1. The van der Waals surface area contributed by atoms with Crippen LogP contribution in [0.2, 0.25) is 0 Å². The summed E-state index contributed by atoms with van der Waals surface area (Å²) in [7, 11) is 2.13. The van der Waals surface area contributed by atoms with Gasteiger partial charge in [-0.15, -0.1) is 0 Å². The van der Waals surface area contributed by atoms with E-state index >= 15 is 0 Å². The lowest BCUT2D eigenvalue weighted by molar-refractivity contribution is -0.569. The maximum absolute atomic E-state index is 14.3. The second-order valence-electron chi connectivity index (χ2n) is 18.6. The molecule has 19 nitrogen and oxygen atoms in total. The van der Waals surface area contributed by atoms with E-state index in [1.165, 1.54) is 10.7 Å². The molecule has 350 valence electrons. The molecule has 4 saturated heterocycles. The molecule has 1 aromatic carbocycles. The summed E-state index contributed by atoms with van der Waals surface area (Å²) in [6, 6.07) is 5.01. The van der Waals surface area contributed by atoms with Crippen molar-refractivity contribution in [3.63, 3.8) is 0 Å². The summed E-state index contributed by atoms with van der Waals surface area (Å²) in [6.07, 6.45) is 7.53. The van der Waals surface area contributed by atoms with Gasteiger partial charge in [-0.05, 0) is 81.5 Å². The molecule has 2 unspecified atom stereocenters. The first-order valence-electron chi connectivity index (χ1n) is 23.1. The largest absolute Gasteiger partial charge is 0.382 e. The standard InChI is InChI=1S/C45H54F2N12O7/c1-54(13-3-14-55-16-17-65-30(22-55)19-48-33-5-2-4-31-38(33)45(64)59(44(31)63)35-10-11-37(60)52-43(35)62)21-26-6-8-27(9-7-26)58-24-34(39(53-58)40(46)47)50-42(61)32-20-49-57-15-12-36(51-41(32)57)56-23-29-18-28(56)25-66-29/h2,4-5,12,15,20,24,26-30,34-35,40H,3,6-11,13-14,16-19,21-23,25H2,1H3,(H2-,48,50,52,60,61,62,64)/p+1/t26?,27?,28-,29-,30-,34?,35?/m1/s1. The van der Waals surface area contributed by atoms with Crippen molar-refractivity contribution in [2.75, 3.05) is 76.3 Å². The number of halogens is 2. The summed E-state index contributed by atoms with van der Waals surface area (Å²) in [5.74, 6) is -1.50. The van der Waals surface area contributed by atoms with Gasteiger partial charge in [0, 0.05) is 63.9 Å². The highest BCUT2D eigenvalue weighted by Gasteiger charge is 2.46. The van der Waals surface area contributed by atoms with Crippen LogP contribution in [0, 0.1) is 5.92 Å². The number of carbonyl (C=O) groups excluding carboxylic acids is 5. The quantitative estimate of drug-likeness (QED) is 0.147. The number of ether oxygens (including phenoxy) is 2. The van der Waals surface area contributed by atoms with Crippen molar-refractivity contribution in [2.45, 2.75) is 94.2 Å². The Morgan fingerprint density at radius 1 is 1.06 bits per heavy atom. The van der Waals surface area contributed by atoms with Crippen molar-refractivity contribution in [1.29, 1.82) is 0 Å². The molecule has 8 heterocycles. The SMILES string of the molecule is CN(CCCN1CCO[C@H](CNc2cccc3c2C(=O)N(C2CCC(=O)NC2=O)C3=O)C1)CC1CCC([N+]2=CC(NC(=O)c3cnn4ccc(N5C[C@H]6C[C@@H]5CO6)nc34)C(C(F)F)=N2)CC1. The van der Waals surface area contributed by atoms with Crippen molar-refractivity contribution in [3.8, 4) is 0 Å². The first kappa shape index (κ1) is 44.1. The molecular formula is C45H55F2N12O7+. The number of hydrazone groups is 1. The van der Waals surface area contributed by atoms with E-state index < -0.39 is 48.0 Å². The number of piperidine rings is 1. The fourth-order valence-corrected chi connectivity index (χ4v) is 10.7. The highest BCUT2D eigenvalue weighted by Crippen LogP contribution is 2.34. The predicted octanol–water partition coefficient (Wildman–Crippen LogP) is 1.62. The van der Waals surface area contributed by atoms with Gasteiger partial charge in [0.1, 0.15) is 17.4 Å². The van der Waals surface area contributed by atoms with Gasteiger partial charge in [0.05, 0.1) is 48.8 Å². The molecular weight excluding hydrogens is 859 g/mol. The molecule has 0 spiro atoms. The van der Waals surface area contributed by atoms with Gasteiger partial charge in [-0.2, -0.15) is 5.10 Å². The molecule has 3 aromatic rings. The van der Waals surface area contributed by atoms with Crippen LogP contribution in [0.15, 0.2) is 41.8 Å². The number of rotatable bonds is 15. The lowest BCUT2D eigenvalue weighted by atomic mass is 9.86. The maximum atomic E-state index is 14.3. The lowest BCUT2D eigenvalue weighted by Crippen LogP contribution is -2.54. The second-order valence-corrected chi connectivity index (χ2v) is 18.6. The minimum Gasteiger partial charge on any atom is -0.382 e. The number of carbonyl (C=O) groups is 5. The Bertz CT molecular complexity index is 2470. The number of morpholine rings is 2. The molecule has 5 fully saturated rings. The van der Waals surface area contributed by atoms with Gasteiger partial charge in [-0.25, -0.2) is 18.3 Å². The Morgan fingerprint density at radius 2 is 1.91 bits per heavy atom. The van der Waals surface area contributed by atoms with E-state index in [9.17, 15) is 32.8 Å². The number of amides is 5. The number of alkyl halides is 2. The van der Waals surface area contributed by atoms with Crippen molar-refractivity contribution in [3.05, 3.63) is 53.3 Å². The number of nitrogens with zero attached hydrogens (tertiary/aromatic N) is 9. The first-order valence-corrected chi connectivity index (χ1v) is 23.1. The van der Waals surface area contributed by atoms with Crippen LogP contribution in [0.1, 0.15) is 82.4 Å². The lowest BCUT2D eigenvalue weighted by Gasteiger charge is -2.34. The number of nitrogens with one attached hydrogen (secondary N) is 3. The van der Waals surface area contributed by atoms with Gasteiger partial charge in [-0.3, -0.25) is 39.1 Å². The average molecular weight is 914 g/mol. The van der Waals surface area contributed by atoms with E-state index in [2.05, 4.69) is 47.9 Å². The molecule has 66 heavy (non-hydrogen) atoms. The molecule has 2 bridgehead atoms. The van der Waals surface area contributed by atoms with Gasteiger partial charge in [0.2, 0.25) is 18.0 Å². The molecule has 10 rings (SSSR count). The molecule has 2 aromatic heterocycles. The van der Waals surface area contributed by atoms with E-state index in [1.54, 1.807) is 35.3 Å². The summed E-state index contributed by atoms with van der Waals surface area (Å²) in [5.41, 5.74) is 1.15. The Labute approximate surface area is 379 Å². The van der Waals surface area contributed by atoms with Gasteiger partial charge in [0.15, 0.2) is 23.4 Å². The highest BCUT2D eigenvalue weighted by molar-refractivity contribution is 6.25. The summed E-state index contributed by atoms with van der Waals surface area (Å²) in [6.45, 7) is 6.62. The number of hydrogen-bond donors (Lipinski definition) is 3. The van der Waals surface area contributed by atoms with Crippen molar-refractivity contribution < 1.29 is 46.9 Å². The minimum absolute atomic E-state index is 0.0368. The average Bonchev–Trinajstić information content (AvgIpc) is 4.16. The molecule has 5 atom stereocenters. The molecule has 1 aliphatic carbocycles. The van der Waals surface area contributed by atoms with Crippen LogP contribution in [0.5, 0.6) is 0 Å². The topological polar surface area (TPSA) is 198 Å². The molecule has 1 saturated carbocycles. The number of aromatic nitrogens is 3. The highest BCUT2D eigenvalue weighted by atomic mass is 19.3. The van der Waals surface area contributed by atoms with Crippen LogP contribution in [-0.4, -0.2) is 184 Å². The summed E-state index contributed by atoms with van der Waals surface area (Å²) in [5, 5.41) is 16.9. The van der Waals surface area contributed by atoms with Crippen molar-refractivity contribution in [1.82, 2.24) is 39.9 Å². The third kappa shape index (κ3) is 8.80. The number of anilines is 2. The molecule has 5 amide bonds. The van der Waals surface area contributed by atoms with Gasteiger partial charge < -0.3 is 29.9 Å². The van der Waals surface area contributed by atoms with E-state index in [0.29, 0.717) is 43.6 Å². The van der Waals surface area contributed by atoms with Crippen LogP contribution >= 0.6 is 0 Å². The number of hydrogen-bond acceptors (Lipinski definition) is 14. The summed E-state index contributed by atoms with van der Waals surface area (Å²) >= 11 is 0. The maximum Gasteiger partial charge on any atom is 0.285 e. The fraction of sp³-hybridized carbons (Fsp3) is 0.578. The second kappa shape index (κ2) is 18.5. The van der Waals surface area contributed by atoms with Crippen LogP contribution in [-0.2, 0) is 19.1 Å². The van der Waals surface area contributed by atoms with Gasteiger partial charge in [-0.1, -0.05) is 10.8 Å². The van der Waals surface area contributed by atoms with Crippen LogP contribution in [0.3, 0.4) is 0 Å². The van der Waals surface area contributed by atoms with Crippen LogP contribution in [0.25, 0.3) is 5.65 Å². The van der Waals surface area contributed by atoms with E-state index in [-0.39, 0.29) is 59.5 Å². The Kier molecular flexibility index (Phi) is 12.3. The summed E-state index contributed by atoms with van der Waals surface area (Å²) < 4.78 is 43.6. The number of benzene rings is 1.